The Kier molecular flexibility index (Phi) is 6.27. The van der Waals surface area contributed by atoms with Gasteiger partial charge in [-0.1, -0.05) is 0 Å². The Labute approximate surface area is 78.9 Å². The SMILES string of the molecule is CC(C)=NNCC(C#N)CCC#N. The van der Waals surface area contributed by atoms with E-state index in [1.165, 1.54) is 0 Å². The standard InChI is InChI=1S/C9H14N4/c1-8(2)13-12-7-9(6-11)4-3-5-10/h9,12H,3-4,7H2,1-2H3. The van der Waals surface area contributed by atoms with Crippen LogP contribution < -0.4 is 5.43 Å². The highest BCUT2D eigenvalue weighted by Gasteiger charge is 2.05. The van der Waals surface area contributed by atoms with Crippen LogP contribution >= 0.6 is 0 Å². The third-order valence-electron chi connectivity index (χ3n) is 1.43. The molecule has 0 aromatic heterocycles. The van der Waals surface area contributed by atoms with E-state index in [-0.39, 0.29) is 5.92 Å². The Morgan fingerprint density at radius 3 is 2.62 bits per heavy atom. The topological polar surface area (TPSA) is 72.0 Å². The van der Waals surface area contributed by atoms with Gasteiger partial charge in [0.15, 0.2) is 0 Å². The van der Waals surface area contributed by atoms with Gasteiger partial charge in [-0.2, -0.15) is 15.6 Å². The van der Waals surface area contributed by atoms with Crippen LogP contribution in [0.1, 0.15) is 26.7 Å². The molecular formula is C9H14N4. The van der Waals surface area contributed by atoms with E-state index in [9.17, 15) is 0 Å². The van der Waals surface area contributed by atoms with E-state index in [4.69, 9.17) is 10.5 Å². The second-order valence-corrected chi connectivity index (χ2v) is 2.94. The summed E-state index contributed by atoms with van der Waals surface area (Å²) in [5, 5.41) is 20.9. The smallest absolute Gasteiger partial charge is 0.0675 e. The van der Waals surface area contributed by atoms with Gasteiger partial charge in [0.25, 0.3) is 0 Å². The van der Waals surface area contributed by atoms with Crippen molar-refractivity contribution < 1.29 is 0 Å². The highest BCUT2D eigenvalue weighted by atomic mass is 15.3. The first-order chi connectivity index (χ1) is 6.20. The summed E-state index contributed by atoms with van der Waals surface area (Å²) in [4.78, 5) is 0. The molecule has 0 aromatic rings. The molecule has 1 atom stereocenters. The molecule has 4 heteroatoms. The average molecular weight is 178 g/mol. The maximum absolute atomic E-state index is 8.67. The van der Waals surface area contributed by atoms with Gasteiger partial charge in [-0.25, -0.2) is 0 Å². The zero-order valence-electron chi connectivity index (χ0n) is 8.04. The summed E-state index contributed by atoms with van der Waals surface area (Å²) in [5.74, 6) is -0.122. The average Bonchev–Trinajstić information content (AvgIpc) is 2.10. The van der Waals surface area contributed by atoms with Gasteiger partial charge in [0.2, 0.25) is 0 Å². The van der Waals surface area contributed by atoms with Crippen LogP contribution in [-0.4, -0.2) is 12.3 Å². The number of nitriles is 2. The number of hydrogen-bond donors (Lipinski definition) is 1. The lowest BCUT2D eigenvalue weighted by Gasteiger charge is -2.05. The van der Waals surface area contributed by atoms with Gasteiger partial charge in [-0.3, -0.25) is 0 Å². The molecule has 4 nitrogen and oxygen atoms in total. The highest BCUT2D eigenvalue weighted by Crippen LogP contribution is 2.02. The fraction of sp³-hybridized carbons (Fsp3) is 0.667. The second kappa shape index (κ2) is 7.12. The maximum atomic E-state index is 8.67. The molecule has 0 heterocycles. The lowest BCUT2D eigenvalue weighted by molar-refractivity contribution is 0.553. The number of rotatable bonds is 5. The van der Waals surface area contributed by atoms with Crippen molar-refractivity contribution in [1.82, 2.24) is 5.43 Å². The molecule has 0 aliphatic heterocycles. The second-order valence-electron chi connectivity index (χ2n) is 2.94. The molecule has 0 saturated heterocycles. The van der Waals surface area contributed by atoms with E-state index in [2.05, 4.69) is 16.6 Å². The van der Waals surface area contributed by atoms with Gasteiger partial charge in [0.05, 0.1) is 18.1 Å². The Morgan fingerprint density at radius 1 is 1.46 bits per heavy atom. The lowest BCUT2D eigenvalue weighted by Crippen LogP contribution is -2.17. The minimum atomic E-state index is -0.122. The van der Waals surface area contributed by atoms with Crippen molar-refractivity contribution >= 4 is 5.71 Å². The van der Waals surface area contributed by atoms with Crippen molar-refractivity contribution in [2.45, 2.75) is 26.7 Å². The van der Waals surface area contributed by atoms with Crippen LogP contribution in [0.3, 0.4) is 0 Å². The predicted octanol–water partition coefficient (Wildman–Crippen LogP) is 1.42. The number of hydrazone groups is 1. The third-order valence-corrected chi connectivity index (χ3v) is 1.43. The summed E-state index contributed by atoms with van der Waals surface area (Å²) in [5.41, 5.74) is 3.73. The summed E-state index contributed by atoms with van der Waals surface area (Å²) in [6.07, 6.45) is 1.03. The molecule has 1 N–H and O–H groups in total. The van der Waals surface area contributed by atoms with Crippen LogP contribution in [0.25, 0.3) is 0 Å². The zero-order valence-corrected chi connectivity index (χ0v) is 8.04. The first kappa shape index (κ1) is 11.4. The predicted molar refractivity (Wildman–Crippen MR) is 50.7 cm³/mol. The molecule has 0 saturated carbocycles. The number of hydrogen-bond acceptors (Lipinski definition) is 4. The molecule has 0 radical (unpaired) electrons. The molecule has 0 aliphatic rings. The number of nitrogens with one attached hydrogen (secondary N) is 1. The van der Waals surface area contributed by atoms with Crippen LogP contribution in [0, 0.1) is 28.6 Å². The molecule has 13 heavy (non-hydrogen) atoms. The first-order valence-electron chi connectivity index (χ1n) is 4.21. The van der Waals surface area contributed by atoms with Crippen molar-refractivity contribution in [3.63, 3.8) is 0 Å². The summed E-state index contributed by atoms with van der Waals surface area (Å²) in [6, 6.07) is 4.14. The van der Waals surface area contributed by atoms with E-state index in [1.54, 1.807) is 0 Å². The summed E-state index contributed by atoms with van der Waals surface area (Å²) >= 11 is 0. The van der Waals surface area contributed by atoms with Crippen molar-refractivity contribution in [1.29, 1.82) is 10.5 Å². The molecule has 1 unspecified atom stereocenters. The monoisotopic (exact) mass is 178 g/mol. The summed E-state index contributed by atoms with van der Waals surface area (Å²) in [7, 11) is 0. The third kappa shape index (κ3) is 6.83. The Morgan fingerprint density at radius 2 is 2.15 bits per heavy atom. The van der Waals surface area contributed by atoms with Gasteiger partial charge in [-0.05, 0) is 20.3 Å². The van der Waals surface area contributed by atoms with Gasteiger partial charge >= 0.3 is 0 Å². The largest absolute Gasteiger partial charge is 0.309 e. The van der Waals surface area contributed by atoms with Gasteiger partial charge in [0, 0.05) is 18.7 Å². The van der Waals surface area contributed by atoms with E-state index >= 15 is 0 Å². The van der Waals surface area contributed by atoms with Gasteiger partial charge in [0.1, 0.15) is 0 Å². The quantitative estimate of drug-likeness (QED) is 0.511. The van der Waals surface area contributed by atoms with E-state index in [1.807, 2.05) is 19.9 Å². The molecule has 0 bridgehead atoms. The van der Waals surface area contributed by atoms with Gasteiger partial charge in [-0.15, -0.1) is 0 Å². The molecule has 0 aliphatic carbocycles. The Bertz CT molecular complexity index is 239. The summed E-state index contributed by atoms with van der Waals surface area (Å²) in [6.45, 7) is 4.27. The maximum Gasteiger partial charge on any atom is 0.0675 e. The van der Waals surface area contributed by atoms with Crippen LogP contribution in [0.2, 0.25) is 0 Å². The molecule has 70 valence electrons. The Balaban J connectivity index is 3.69. The fourth-order valence-corrected chi connectivity index (χ4v) is 0.765. The Hall–Kier alpha value is -1.55. The highest BCUT2D eigenvalue weighted by molar-refractivity contribution is 5.78. The van der Waals surface area contributed by atoms with Crippen molar-refractivity contribution in [3.8, 4) is 12.1 Å². The fourth-order valence-electron chi connectivity index (χ4n) is 0.765. The van der Waals surface area contributed by atoms with Crippen molar-refractivity contribution in [3.05, 3.63) is 0 Å². The lowest BCUT2D eigenvalue weighted by atomic mass is 10.1. The number of nitrogens with zero attached hydrogens (tertiary/aromatic N) is 3. The first-order valence-corrected chi connectivity index (χ1v) is 4.21. The van der Waals surface area contributed by atoms with Gasteiger partial charge < -0.3 is 5.43 Å². The zero-order chi connectivity index (χ0) is 10.1. The van der Waals surface area contributed by atoms with E-state index < -0.39 is 0 Å². The minimum Gasteiger partial charge on any atom is -0.309 e. The molecule has 0 fully saturated rings. The van der Waals surface area contributed by atoms with Crippen molar-refractivity contribution in [2.24, 2.45) is 11.0 Å². The van der Waals surface area contributed by atoms with Crippen molar-refractivity contribution in [2.75, 3.05) is 6.54 Å². The van der Waals surface area contributed by atoms with Crippen LogP contribution in [0.5, 0.6) is 0 Å². The molecular weight excluding hydrogens is 164 g/mol. The van der Waals surface area contributed by atoms with Crippen LogP contribution in [0.4, 0.5) is 0 Å². The van der Waals surface area contributed by atoms with E-state index in [0.717, 1.165) is 5.71 Å². The van der Waals surface area contributed by atoms with Crippen LogP contribution in [0.15, 0.2) is 5.10 Å². The van der Waals surface area contributed by atoms with Crippen LogP contribution in [-0.2, 0) is 0 Å². The molecule has 0 spiro atoms. The molecule has 0 aromatic carbocycles. The normalized spacial score (nSPS) is 10.8. The minimum absolute atomic E-state index is 0.122. The van der Waals surface area contributed by atoms with E-state index in [0.29, 0.717) is 19.4 Å². The summed E-state index contributed by atoms with van der Waals surface area (Å²) < 4.78 is 0. The molecule has 0 amide bonds. The molecule has 0 rings (SSSR count).